The molecule has 0 radical (unpaired) electrons. The Kier molecular flexibility index (Phi) is 4.37. The van der Waals surface area contributed by atoms with Gasteiger partial charge in [-0.25, -0.2) is 0 Å². The third-order valence-electron chi connectivity index (χ3n) is 2.74. The van der Waals surface area contributed by atoms with E-state index in [9.17, 15) is 10.1 Å². The predicted octanol–water partition coefficient (Wildman–Crippen LogP) is 3.93. The summed E-state index contributed by atoms with van der Waals surface area (Å²) < 4.78 is 1.05. The smallest absolute Gasteiger partial charge is 0.270 e. The van der Waals surface area contributed by atoms with E-state index >= 15 is 0 Å². The molecule has 102 valence electrons. The molecule has 20 heavy (non-hydrogen) atoms. The lowest BCUT2D eigenvalue weighted by molar-refractivity contribution is -0.384. The van der Waals surface area contributed by atoms with Crippen LogP contribution in [-0.4, -0.2) is 12.0 Å². The van der Waals surface area contributed by atoms with Crippen molar-refractivity contribution in [3.05, 3.63) is 54.7 Å². The second-order valence-corrected chi connectivity index (χ2v) is 6.68. The van der Waals surface area contributed by atoms with E-state index in [2.05, 4.69) is 15.9 Å². The van der Waals surface area contributed by atoms with Crippen molar-refractivity contribution in [1.29, 1.82) is 5.26 Å². The second kappa shape index (κ2) is 6.03. The van der Waals surface area contributed by atoms with Crippen LogP contribution in [-0.2, 0) is 6.54 Å². The summed E-state index contributed by atoms with van der Waals surface area (Å²) in [6.07, 6.45) is 0. The molecule has 0 saturated heterocycles. The van der Waals surface area contributed by atoms with Crippen molar-refractivity contribution >= 4 is 38.6 Å². The second-order valence-electron chi connectivity index (χ2n) is 4.13. The zero-order valence-corrected chi connectivity index (χ0v) is 12.9. The number of benzene rings is 1. The third kappa shape index (κ3) is 3.15. The average molecular weight is 352 g/mol. The van der Waals surface area contributed by atoms with Crippen LogP contribution in [0.25, 0.3) is 0 Å². The van der Waals surface area contributed by atoms with Crippen LogP contribution in [0, 0.1) is 21.4 Å². The maximum absolute atomic E-state index is 10.7. The van der Waals surface area contributed by atoms with Crippen molar-refractivity contribution in [3.8, 4) is 6.07 Å². The molecule has 2 rings (SSSR count). The zero-order chi connectivity index (χ0) is 14.7. The standard InChI is InChI=1S/C13H10BrN3O2S/c1-16(8-11-3-5-13(14)20-11)12-4-2-10(17(18)19)6-9(12)7-15/h2-6H,8H2,1H3. The Balaban J connectivity index is 2.27. The Bertz CT molecular complexity index is 693. The van der Waals surface area contributed by atoms with Gasteiger partial charge in [-0.1, -0.05) is 0 Å². The number of nitro groups is 1. The fraction of sp³-hybridized carbons (Fsp3) is 0.154. The van der Waals surface area contributed by atoms with Gasteiger partial charge < -0.3 is 4.90 Å². The van der Waals surface area contributed by atoms with Crippen LogP contribution in [0.1, 0.15) is 10.4 Å². The van der Waals surface area contributed by atoms with Crippen molar-refractivity contribution in [2.24, 2.45) is 0 Å². The highest BCUT2D eigenvalue weighted by Crippen LogP contribution is 2.28. The molecule has 0 saturated carbocycles. The van der Waals surface area contributed by atoms with Gasteiger partial charge in [0.2, 0.25) is 0 Å². The van der Waals surface area contributed by atoms with Crippen LogP contribution >= 0.6 is 27.3 Å². The lowest BCUT2D eigenvalue weighted by atomic mass is 10.1. The highest BCUT2D eigenvalue weighted by atomic mass is 79.9. The van der Waals surface area contributed by atoms with Crippen LogP contribution in [0.15, 0.2) is 34.1 Å². The lowest BCUT2D eigenvalue weighted by Gasteiger charge is -2.19. The zero-order valence-electron chi connectivity index (χ0n) is 10.5. The molecule has 0 aliphatic heterocycles. The molecule has 7 heteroatoms. The van der Waals surface area contributed by atoms with Crippen LogP contribution in [0.3, 0.4) is 0 Å². The largest absolute Gasteiger partial charge is 0.368 e. The molecule has 1 aromatic heterocycles. The third-order valence-corrected chi connectivity index (χ3v) is 4.35. The fourth-order valence-corrected chi connectivity index (χ4v) is 3.35. The average Bonchev–Trinajstić information content (AvgIpc) is 2.83. The van der Waals surface area contributed by atoms with Crippen molar-refractivity contribution in [2.45, 2.75) is 6.54 Å². The molecule has 0 bridgehead atoms. The van der Waals surface area contributed by atoms with Gasteiger partial charge in [0.05, 0.1) is 26.5 Å². The molecule has 2 aromatic rings. The van der Waals surface area contributed by atoms with Crippen LogP contribution in [0.2, 0.25) is 0 Å². The van der Waals surface area contributed by atoms with E-state index in [1.165, 1.54) is 12.1 Å². The summed E-state index contributed by atoms with van der Waals surface area (Å²) in [7, 11) is 1.86. The van der Waals surface area contributed by atoms with Gasteiger partial charge in [0, 0.05) is 24.1 Å². The molecule has 0 unspecified atom stereocenters. The van der Waals surface area contributed by atoms with Gasteiger partial charge in [-0.2, -0.15) is 5.26 Å². The Morgan fingerprint density at radius 3 is 2.75 bits per heavy atom. The summed E-state index contributed by atoms with van der Waals surface area (Å²) in [6, 6.07) is 10.3. The molecule has 0 atom stereocenters. The Morgan fingerprint density at radius 1 is 1.45 bits per heavy atom. The number of hydrogen-bond donors (Lipinski definition) is 0. The first-order chi connectivity index (χ1) is 9.51. The molecule has 0 amide bonds. The number of nitrogens with zero attached hydrogens (tertiary/aromatic N) is 3. The van der Waals surface area contributed by atoms with Crippen LogP contribution < -0.4 is 4.90 Å². The van der Waals surface area contributed by atoms with E-state index in [4.69, 9.17) is 5.26 Å². The first kappa shape index (κ1) is 14.5. The summed E-state index contributed by atoms with van der Waals surface area (Å²) in [4.78, 5) is 13.3. The minimum absolute atomic E-state index is 0.0717. The first-order valence-electron chi connectivity index (χ1n) is 5.65. The van der Waals surface area contributed by atoms with Gasteiger partial charge in [0.1, 0.15) is 6.07 Å². The molecule has 0 fully saturated rings. The number of hydrogen-bond acceptors (Lipinski definition) is 5. The number of halogens is 1. The Morgan fingerprint density at radius 2 is 2.20 bits per heavy atom. The van der Waals surface area contributed by atoms with E-state index < -0.39 is 4.92 Å². The van der Waals surface area contributed by atoms with Gasteiger partial charge in [-0.05, 0) is 34.1 Å². The number of nitriles is 1. The highest BCUT2D eigenvalue weighted by molar-refractivity contribution is 9.11. The molecule has 1 aromatic carbocycles. The first-order valence-corrected chi connectivity index (χ1v) is 7.26. The normalized spacial score (nSPS) is 10.1. The highest BCUT2D eigenvalue weighted by Gasteiger charge is 2.14. The Labute approximate surface area is 128 Å². The van der Waals surface area contributed by atoms with E-state index in [1.54, 1.807) is 17.4 Å². The molecular formula is C13H10BrN3O2S. The van der Waals surface area contributed by atoms with E-state index in [0.717, 1.165) is 8.66 Å². The summed E-state index contributed by atoms with van der Waals surface area (Å²) in [5.41, 5.74) is 0.914. The molecule has 0 spiro atoms. The molecule has 0 aliphatic carbocycles. The summed E-state index contributed by atoms with van der Waals surface area (Å²) in [6.45, 7) is 0.642. The molecule has 0 N–H and O–H groups in total. The number of non-ortho nitro benzene ring substituents is 1. The lowest BCUT2D eigenvalue weighted by Crippen LogP contribution is -2.16. The predicted molar refractivity (Wildman–Crippen MR) is 81.9 cm³/mol. The Hall–Kier alpha value is -1.91. The number of rotatable bonds is 4. The van der Waals surface area contributed by atoms with Crippen LogP contribution in [0.5, 0.6) is 0 Å². The van der Waals surface area contributed by atoms with Crippen molar-refractivity contribution in [1.82, 2.24) is 0 Å². The van der Waals surface area contributed by atoms with Gasteiger partial charge in [0.25, 0.3) is 5.69 Å². The molecule has 0 aliphatic rings. The van der Waals surface area contributed by atoms with Gasteiger partial charge in [0.15, 0.2) is 0 Å². The monoisotopic (exact) mass is 351 g/mol. The molecular weight excluding hydrogens is 342 g/mol. The van der Waals surface area contributed by atoms with Crippen molar-refractivity contribution in [3.63, 3.8) is 0 Å². The maximum Gasteiger partial charge on any atom is 0.270 e. The fourth-order valence-electron chi connectivity index (χ4n) is 1.82. The molecule has 1 heterocycles. The van der Waals surface area contributed by atoms with E-state index in [0.29, 0.717) is 17.8 Å². The minimum atomic E-state index is -0.499. The van der Waals surface area contributed by atoms with Gasteiger partial charge in [-0.3, -0.25) is 10.1 Å². The molecule has 5 nitrogen and oxygen atoms in total. The van der Waals surface area contributed by atoms with Gasteiger partial charge in [-0.15, -0.1) is 11.3 Å². The number of anilines is 1. The topological polar surface area (TPSA) is 70.2 Å². The minimum Gasteiger partial charge on any atom is -0.368 e. The van der Waals surface area contributed by atoms with Crippen LogP contribution in [0.4, 0.5) is 11.4 Å². The van der Waals surface area contributed by atoms with Crippen molar-refractivity contribution < 1.29 is 4.92 Å². The number of nitro benzene ring substituents is 1. The van der Waals surface area contributed by atoms with Crippen molar-refractivity contribution in [2.75, 3.05) is 11.9 Å². The summed E-state index contributed by atoms with van der Waals surface area (Å²) in [5.74, 6) is 0. The SMILES string of the molecule is CN(Cc1ccc(Br)s1)c1ccc([N+](=O)[O-])cc1C#N. The van der Waals surface area contributed by atoms with E-state index in [-0.39, 0.29) is 5.69 Å². The van der Waals surface area contributed by atoms with Gasteiger partial charge >= 0.3 is 0 Å². The maximum atomic E-state index is 10.7. The number of thiophene rings is 1. The van der Waals surface area contributed by atoms with E-state index in [1.807, 2.05) is 30.1 Å². The quantitative estimate of drug-likeness (QED) is 0.618. The summed E-state index contributed by atoms with van der Waals surface area (Å²) in [5, 5.41) is 19.9. The summed E-state index contributed by atoms with van der Waals surface area (Å²) >= 11 is 5.02.